The van der Waals surface area contributed by atoms with Crippen LogP contribution in [0.4, 0.5) is 5.69 Å². The molecule has 0 spiro atoms. The molecule has 0 aromatic heterocycles. The van der Waals surface area contributed by atoms with Gasteiger partial charge in [-0.25, -0.2) is 0 Å². The molecule has 0 saturated carbocycles. The van der Waals surface area contributed by atoms with E-state index in [1.54, 1.807) is 42.5 Å². The van der Waals surface area contributed by atoms with Gasteiger partial charge in [-0.1, -0.05) is 78.9 Å². The van der Waals surface area contributed by atoms with Crippen molar-refractivity contribution in [1.29, 1.82) is 0 Å². The fraction of sp³-hybridized carbons (Fsp3) is 0.0400. The van der Waals surface area contributed by atoms with Crippen molar-refractivity contribution in [1.82, 2.24) is 10.6 Å². The topological polar surface area (TPSA) is 84.2 Å². The van der Waals surface area contributed by atoms with Gasteiger partial charge in [-0.2, -0.15) is 0 Å². The van der Waals surface area contributed by atoms with Gasteiger partial charge in [0.1, 0.15) is 5.70 Å². The molecule has 0 aliphatic heterocycles. The Balaban J connectivity index is 1.76. The molecular weight excluding hydrogens is 374 g/mol. The lowest BCUT2D eigenvalue weighted by Gasteiger charge is -2.11. The smallest absolute Gasteiger partial charge is 0.268 e. The summed E-state index contributed by atoms with van der Waals surface area (Å²) in [6.07, 6.45) is 5.17. The number of para-hydroxylation sites is 1. The molecule has 0 fully saturated rings. The molecule has 3 rings (SSSR count). The molecule has 2 amide bonds. The molecule has 0 atom stereocenters. The third-order valence-electron chi connectivity index (χ3n) is 4.37. The first kappa shape index (κ1) is 20.6. The summed E-state index contributed by atoms with van der Waals surface area (Å²) in [4.78, 5) is 25.3. The molecule has 0 heterocycles. The van der Waals surface area contributed by atoms with Crippen molar-refractivity contribution in [2.24, 2.45) is 0 Å². The Morgan fingerprint density at radius 3 is 2.17 bits per heavy atom. The number of allylic oxidation sites excluding steroid dienone is 2. The van der Waals surface area contributed by atoms with E-state index in [0.717, 1.165) is 11.1 Å². The highest BCUT2D eigenvalue weighted by Crippen LogP contribution is 2.10. The Kier molecular flexibility index (Phi) is 7.17. The first-order valence-corrected chi connectivity index (χ1v) is 9.55. The molecule has 3 aromatic rings. The first-order valence-electron chi connectivity index (χ1n) is 9.55. The van der Waals surface area contributed by atoms with Gasteiger partial charge >= 0.3 is 0 Å². The second kappa shape index (κ2) is 10.4. The summed E-state index contributed by atoms with van der Waals surface area (Å²) in [6.45, 7) is 0.256. The number of nitrogens with one attached hydrogen (secondary N) is 2. The zero-order chi connectivity index (χ0) is 21.2. The number of carbonyl (C=O) groups excluding carboxylic acids is 2. The van der Waals surface area contributed by atoms with Gasteiger partial charge < -0.3 is 16.4 Å². The van der Waals surface area contributed by atoms with Gasteiger partial charge in [0.15, 0.2) is 0 Å². The van der Waals surface area contributed by atoms with Crippen LogP contribution in [0.3, 0.4) is 0 Å². The van der Waals surface area contributed by atoms with Gasteiger partial charge in [0.25, 0.3) is 11.8 Å². The zero-order valence-electron chi connectivity index (χ0n) is 16.4. The molecule has 5 nitrogen and oxygen atoms in total. The van der Waals surface area contributed by atoms with Gasteiger partial charge in [-0.15, -0.1) is 0 Å². The number of benzene rings is 3. The molecule has 0 saturated heterocycles. The number of hydrogen-bond acceptors (Lipinski definition) is 3. The monoisotopic (exact) mass is 397 g/mol. The number of carbonyl (C=O) groups is 2. The van der Waals surface area contributed by atoms with Crippen molar-refractivity contribution >= 4 is 23.6 Å². The molecule has 0 aliphatic rings. The highest BCUT2D eigenvalue weighted by Gasteiger charge is 2.14. The van der Waals surface area contributed by atoms with E-state index >= 15 is 0 Å². The molecular formula is C25H23N3O2. The molecule has 0 radical (unpaired) electrons. The number of rotatable bonds is 7. The summed E-state index contributed by atoms with van der Waals surface area (Å²) >= 11 is 0. The lowest BCUT2D eigenvalue weighted by Crippen LogP contribution is -2.34. The van der Waals surface area contributed by atoms with Gasteiger partial charge in [0, 0.05) is 17.8 Å². The van der Waals surface area contributed by atoms with E-state index in [4.69, 9.17) is 5.73 Å². The number of hydrogen-bond donors (Lipinski definition) is 3. The highest BCUT2D eigenvalue weighted by atomic mass is 16.2. The zero-order valence-corrected chi connectivity index (χ0v) is 16.4. The quantitative estimate of drug-likeness (QED) is 0.321. The average molecular weight is 397 g/mol. The van der Waals surface area contributed by atoms with E-state index < -0.39 is 5.91 Å². The summed E-state index contributed by atoms with van der Waals surface area (Å²) in [5, 5.41) is 5.51. The molecule has 4 N–H and O–H groups in total. The third-order valence-corrected chi connectivity index (χ3v) is 4.37. The number of amides is 2. The number of nitrogens with two attached hydrogens (primary N) is 1. The maximum Gasteiger partial charge on any atom is 0.268 e. The summed E-state index contributed by atoms with van der Waals surface area (Å²) in [5.41, 5.74) is 8.94. The SMILES string of the molecule is Nc1ccccc1CNC(=O)/C(=C/C=C/c1ccccc1)NC(=O)c1ccccc1. The molecule has 150 valence electrons. The average Bonchev–Trinajstić information content (AvgIpc) is 2.79. The molecule has 30 heavy (non-hydrogen) atoms. The fourth-order valence-electron chi connectivity index (χ4n) is 2.74. The van der Waals surface area contributed by atoms with E-state index in [1.165, 1.54) is 0 Å². The maximum atomic E-state index is 12.8. The van der Waals surface area contributed by atoms with Crippen molar-refractivity contribution in [3.63, 3.8) is 0 Å². The van der Waals surface area contributed by atoms with E-state index in [0.29, 0.717) is 11.3 Å². The minimum atomic E-state index is -0.403. The minimum absolute atomic E-state index is 0.144. The van der Waals surface area contributed by atoms with Crippen LogP contribution in [0, 0.1) is 0 Å². The largest absolute Gasteiger partial charge is 0.398 e. The van der Waals surface area contributed by atoms with Gasteiger partial charge in [0.05, 0.1) is 0 Å². The van der Waals surface area contributed by atoms with E-state index in [9.17, 15) is 9.59 Å². The predicted molar refractivity (Wildman–Crippen MR) is 120 cm³/mol. The summed E-state index contributed by atoms with van der Waals surface area (Å²) in [6, 6.07) is 25.7. The second-order valence-electron chi connectivity index (χ2n) is 6.55. The molecule has 5 heteroatoms. The molecule has 3 aromatic carbocycles. The van der Waals surface area contributed by atoms with Crippen LogP contribution in [0.5, 0.6) is 0 Å². The van der Waals surface area contributed by atoms with Crippen molar-refractivity contribution < 1.29 is 9.59 Å². The van der Waals surface area contributed by atoms with Gasteiger partial charge in [-0.05, 0) is 35.4 Å². The Morgan fingerprint density at radius 1 is 0.833 bits per heavy atom. The minimum Gasteiger partial charge on any atom is -0.398 e. The summed E-state index contributed by atoms with van der Waals surface area (Å²) in [5.74, 6) is -0.760. The summed E-state index contributed by atoms with van der Waals surface area (Å²) in [7, 11) is 0. The van der Waals surface area contributed by atoms with Gasteiger partial charge in [0.2, 0.25) is 0 Å². The van der Waals surface area contributed by atoms with Crippen LogP contribution in [0.25, 0.3) is 6.08 Å². The Hall–Kier alpha value is -4.12. The lowest BCUT2D eigenvalue weighted by atomic mass is 10.1. The van der Waals surface area contributed by atoms with Crippen molar-refractivity contribution in [2.75, 3.05) is 5.73 Å². The van der Waals surface area contributed by atoms with Crippen LogP contribution >= 0.6 is 0 Å². The molecule has 0 aliphatic carbocycles. The van der Waals surface area contributed by atoms with Crippen molar-refractivity contribution in [3.8, 4) is 0 Å². The Bertz CT molecular complexity index is 1060. The van der Waals surface area contributed by atoms with Crippen molar-refractivity contribution in [2.45, 2.75) is 6.54 Å². The van der Waals surface area contributed by atoms with E-state index in [1.807, 2.05) is 60.7 Å². The standard InChI is InChI=1S/C25H23N3O2/c26-22-16-8-7-15-21(22)18-27-25(30)23(17-9-12-19-10-3-1-4-11-19)28-24(29)20-13-5-2-6-14-20/h1-17H,18,26H2,(H,27,30)(H,28,29)/b12-9+,23-17-. The van der Waals surface area contributed by atoms with Gasteiger partial charge in [-0.3, -0.25) is 9.59 Å². The Morgan fingerprint density at radius 2 is 1.47 bits per heavy atom. The highest BCUT2D eigenvalue weighted by molar-refractivity contribution is 6.03. The van der Waals surface area contributed by atoms with Crippen LogP contribution in [0.2, 0.25) is 0 Å². The lowest BCUT2D eigenvalue weighted by molar-refractivity contribution is -0.117. The number of anilines is 1. The van der Waals surface area contributed by atoms with E-state index in [2.05, 4.69) is 10.6 Å². The van der Waals surface area contributed by atoms with E-state index in [-0.39, 0.29) is 18.1 Å². The van der Waals surface area contributed by atoms with Crippen LogP contribution in [-0.4, -0.2) is 11.8 Å². The second-order valence-corrected chi connectivity index (χ2v) is 6.55. The number of nitrogen functional groups attached to an aromatic ring is 1. The maximum absolute atomic E-state index is 12.8. The molecule has 0 bridgehead atoms. The van der Waals surface area contributed by atoms with Crippen LogP contribution in [0.15, 0.2) is 103 Å². The Labute approximate surface area is 175 Å². The van der Waals surface area contributed by atoms with Crippen LogP contribution < -0.4 is 16.4 Å². The summed E-state index contributed by atoms with van der Waals surface area (Å²) < 4.78 is 0. The van der Waals surface area contributed by atoms with Crippen LogP contribution in [0.1, 0.15) is 21.5 Å². The predicted octanol–water partition coefficient (Wildman–Crippen LogP) is 3.91. The fourth-order valence-corrected chi connectivity index (χ4v) is 2.74. The first-order chi connectivity index (χ1) is 14.6. The third kappa shape index (κ3) is 5.94. The molecule has 0 unspecified atom stereocenters. The normalized spacial score (nSPS) is 11.3. The van der Waals surface area contributed by atoms with Crippen molar-refractivity contribution in [3.05, 3.63) is 119 Å². The van der Waals surface area contributed by atoms with Crippen LogP contribution in [-0.2, 0) is 11.3 Å².